The van der Waals surface area contributed by atoms with Crippen molar-refractivity contribution in [2.75, 3.05) is 12.3 Å². The molecule has 1 aromatic carbocycles. The van der Waals surface area contributed by atoms with E-state index in [4.69, 9.17) is 5.73 Å². The van der Waals surface area contributed by atoms with Crippen LogP contribution in [0.2, 0.25) is 0 Å². The van der Waals surface area contributed by atoms with Gasteiger partial charge in [-0.05, 0) is 37.0 Å². The van der Waals surface area contributed by atoms with E-state index in [0.717, 1.165) is 12.8 Å². The Kier molecular flexibility index (Phi) is 3.37. The second-order valence-corrected chi connectivity index (χ2v) is 6.10. The first-order chi connectivity index (χ1) is 7.99. The third kappa shape index (κ3) is 3.18. The van der Waals surface area contributed by atoms with Crippen LogP contribution in [0, 0.1) is 5.92 Å². The molecule has 0 amide bonds. The van der Waals surface area contributed by atoms with E-state index in [1.807, 2.05) is 0 Å². The monoisotopic (exact) mass is 256 g/mol. The van der Waals surface area contributed by atoms with Gasteiger partial charge in [-0.2, -0.15) is 0 Å². The molecule has 0 aliphatic heterocycles. The predicted octanol–water partition coefficient (Wildman–Crippen LogP) is 0.318. The molecule has 2 rings (SSSR count). The topological polar surface area (TPSA) is 92.4 Å². The first kappa shape index (κ1) is 12.3. The van der Waals surface area contributed by atoms with E-state index in [9.17, 15) is 13.5 Å². The lowest BCUT2D eigenvalue weighted by atomic mass is 10.2. The molecule has 94 valence electrons. The van der Waals surface area contributed by atoms with Crippen LogP contribution in [0.25, 0.3) is 0 Å². The van der Waals surface area contributed by atoms with Gasteiger partial charge in [0.15, 0.2) is 0 Å². The van der Waals surface area contributed by atoms with Gasteiger partial charge in [0, 0.05) is 12.2 Å². The largest absolute Gasteiger partial charge is 0.399 e. The summed E-state index contributed by atoms with van der Waals surface area (Å²) in [7, 11) is -3.57. The number of rotatable bonds is 5. The molecule has 1 aliphatic rings. The van der Waals surface area contributed by atoms with E-state index in [0.29, 0.717) is 5.69 Å². The Hall–Kier alpha value is -1.11. The van der Waals surface area contributed by atoms with Gasteiger partial charge in [0.2, 0.25) is 10.0 Å². The zero-order valence-corrected chi connectivity index (χ0v) is 10.2. The minimum Gasteiger partial charge on any atom is -0.399 e. The maximum Gasteiger partial charge on any atom is 0.240 e. The summed E-state index contributed by atoms with van der Waals surface area (Å²) in [6.07, 6.45) is 1.35. The number of anilines is 1. The molecule has 0 saturated heterocycles. The standard InChI is InChI=1S/C11H16N2O3S/c12-9-2-1-3-10(6-9)17(15,16)13-7-11(14)8-4-5-8/h1-3,6,8,11,13-14H,4-5,7,12H2. The van der Waals surface area contributed by atoms with Crippen molar-refractivity contribution in [1.82, 2.24) is 4.72 Å². The second kappa shape index (κ2) is 4.64. The van der Waals surface area contributed by atoms with Gasteiger partial charge in [0.1, 0.15) is 0 Å². The molecule has 0 heterocycles. The first-order valence-corrected chi connectivity index (χ1v) is 7.00. The summed E-state index contributed by atoms with van der Waals surface area (Å²) in [5, 5.41) is 9.60. The zero-order valence-electron chi connectivity index (χ0n) is 9.33. The third-order valence-corrected chi connectivity index (χ3v) is 4.24. The second-order valence-electron chi connectivity index (χ2n) is 4.33. The lowest BCUT2D eigenvalue weighted by molar-refractivity contribution is 0.155. The van der Waals surface area contributed by atoms with Gasteiger partial charge < -0.3 is 10.8 Å². The van der Waals surface area contributed by atoms with Crippen molar-refractivity contribution in [3.8, 4) is 0 Å². The van der Waals surface area contributed by atoms with Gasteiger partial charge in [0.05, 0.1) is 11.0 Å². The molecular weight excluding hydrogens is 240 g/mol. The van der Waals surface area contributed by atoms with Gasteiger partial charge in [-0.15, -0.1) is 0 Å². The van der Waals surface area contributed by atoms with Crippen molar-refractivity contribution >= 4 is 15.7 Å². The van der Waals surface area contributed by atoms with Crippen LogP contribution in [0.3, 0.4) is 0 Å². The van der Waals surface area contributed by atoms with Crippen LogP contribution in [0.4, 0.5) is 5.69 Å². The van der Waals surface area contributed by atoms with Gasteiger partial charge in [-0.3, -0.25) is 0 Å². The lowest BCUT2D eigenvalue weighted by Gasteiger charge is -2.11. The number of aliphatic hydroxyl groups excluding tert-OH is 1. The van der Waals surface area contributed by atoms with Crippen LogP contribution in [0.5, 0.6) is 0 Å². The minimum atomic E-state index is -3.57. The number of benzene rings is 1. The number of nitrogen functional groups attached to an aromatic ring is 1. The molecule has 0 bridgehead atoms. The highest BCUT2D eigenvalue weighted by Gasteiger charge is 2.30. The summed E-state index contributed by atoms with van der Waals surface area (Å²) in [6.45, 7) is 0.0573. The van der Waals surface area contributed by atoms with Crippen LogP contribution < -0.4 is 10.5 Å². The summed E-state index contributed by atoms with van der Waals surface area (Å²) in [5.74, 6) is 0.249. The summed E-state index contributed by atoms with van der Waals surface area (Å²) in [5.41, 5.74) is 5.93. The highest BCUT2D eigenvalue weighted by molar-refractivity contribution is 7.89. The number of sulfonamides is 1. The van der Waals surface area contributed by atoms with Crippen molar-refractivity contribution in [3.63, 3.8) is 0 Å². The molecule has 0 spiro atoms. The molecule has 0 radical (unpaired) electrons. The maximum absolute atomic E-state index is 11.9. The fourth-order valence-electron chi connectivity index (χ4n) is 1.61. The molecule has 5 nitrogen and oxygen atoms in total. The molecular formula is C11H16N2O3S. The van der Waals surface area contributed by atoms with E-state index in [1.165, 1.54) is 12.1 Å². The fraction of sp³-hybridized carbons (Fsp3) is 0.455. The van der Waals surface area contributed by atoms with Crippen molar-refractivity contribution in [3.05, 3.63) is 24.3 Å². The van der Waals surface area contributed by atoms with E-state index < -0.39 is 16.1 Å². The third-order valence-electron chi connectivity index (χ3n) is 2.82. The molecule has 1 saturated carbocycles. The normalized spacial score (nSPS) is 17.9. The highest BCUT2D eigenvalue weighted by Crippen LogP contribution is 2.32. The summed E-state index contributed by atoms with van der Waals surface area (Å²) in [6, 6.07) is 6.08. The van der Waals surface area contributed by atoms with E-state index >= 15 is 0 Å². The van der Waals surface area contributed by atoms with Gasteiger partial charge >= 0.3 is 0 Å². The highest BCUT2D eigenvalue weighted by atomic mass is 32.2. The number of nitrogens with one attached hydrogen (secondary N) is 1. The Labute approximate surface area is 101 Å². The zero-order chi connectivity index (χ0) is 12.5. The van der Waals surface area contributed by atoms with Crippen molar-refractivity contribution in [2.24, 2.45) is 5.92 Å². The maximum atomic E-state index is 11.9. The molecule has 1 atom stereocenters. The average molecular weight is 256 g/mol. The number of hydrogen-bond acceptors (Lipinski definition) is 4. The molecule has 17 heavy (non-hydrogen) atoms. The molecule has 4 N–H and O–H groups in total. The average Bonchev–Trinajstić information content (AvgIpc) is 3.10. The SMILES string of the molecule is Nc1cccc(S(=O)(=O)NCC(O)C2CC2)c1. The summed E-state index contributed by atoms with van der Waals surface area (Å²) >= 11 is 0. The fourth-order valence-corrected chi connectivity index (χ4v) is 2.71. The van der Waals surface area contributed by atoms with E-state index in [1.54, 1.807) is 12.1 Å². The Morgan fingerprint density at radius 2 is 2.18 bits per heavy atom. The van der Waals surface area contributed by atoms with Crippen LogP contribution in [-0.2, 0) is 10.0 Å². The Balaban J connectivity index is 2.03. The van der Waals surface area contributed by atoms with Crippen LogP contribution in [-0.4, -0.2) is 26.2 Å². The number of nitrogens with two attached hydrogens (primary N) is 1. The summed E-state index contributed by atoms with van der Waals surface area (Å²) < 4.78 is 26.1. The van der Waals surface area contributed by atoms with E-state index in [-0.39, 0.29) is 17.4 Å². The van der Waals surface area contributed by atoms with Crippen LogP contribution >= 0.6 is 0 Å². The molecule has 1 aliphatic carbocycles. The number of hydrogen-bond donors (Lipinski definition) is 3. The smallest absolute Gasteiger partial charge is 0.240 e. The van der Waals surface area contributed by atoms with Crippen LogP contribution in [0.15, 0.2) is 29.2 Å². The molecule has 0 aromatic heterocycles. The van der Waals surface area contributed by atoms with Gasteiger partial charge in [-0.1, -0.05) is 6.07 Å². The first-order valence-electron chi connectivity index (χ1n) is 5.52. The molecule has 1 fully saturated rings. The molecule has 6 heteroatoms. The molecule has 1 unspecified atom stereocenters. The lowest BCUT2D eigenvalue weighted by Crippen LogP contribution is -2.33. The van der Waals surface area contributed by atoms with Gasteiger partial charge in [0.25, 0.3) is 0 Å². The van der Waals surface area contributed by atoms with Crippen molar-refractivity contribution < 1.29 is 13.5 Å². The van der Waals surface area contributed by atoms with Crippen molar-refractivity contribution in [2.45, 2.75) is 23.8 Å². The Morgan fingerprint density at radius 1 is 1.47 bits per heavy atom. The van der Waals surface area contributed by atoms with E-state index in [2.05, 4.69) is 4.72 Å². The number of aliphatic hydroxyl groups is 1. The Bertz CT molecular complexity index is 497. The van der Waals surface area contributed by atoms with Gasteiger partial charge in [-0.25, -0.2) is 13.1 Å². The Morgan fingerprint density at radius 3 is 2.76 bits per heavy atom. The van der Waals surface area contributed by atoms with Crippen LogP contribution in [0.1, 0.15) is 12.8 Å². The minimum absolute atomic E-state index is 0.0573. The quantitative estimate of drug-likeness (QED) is 0.661. The molecule has 1 aromatic rings. The van der Waals surface area contributed by atoms with Crippen molar-refractivity contribution in [1.29, 1.82) is 0 Å². The summed E-state index contributed by atoms with van der Waals surface area (Å²) in [4.78, 5) is 0.125. The predicted molar refractivity (Wildman–Crippen MR) is 64.8 cm³/mol.